The highest BCUT2D eigenvalue weighted by Crippen LogP contribution is 2.28. The molecule has 2 N–H and O–H groups in total. The zero-order valence-corrected chi connectivity index (χ0v) is 27.7. The molecule has 0 heterocycles. The summed E-state index contributed by atoms with van der Waals surface area (Å²) in [6.45, 7) is 11.7. The Kier molecular flexibility index (Phi) is 13.0. The molecule has 3 aromatic carbocycles. The average molecular weight is 612 g/mol. The van der Waals surface area contributed by atoms with Crippen molar-refractivity contribution in [2.75, 3.05) is 11.9 Å². The molecule has 3 aromatic rings. The molecule has 0 aromatic heterocycles. The number of benzene rings is 3. The van der Waals surface area contributed by atoms with Crippen LogP contribution in [0.1, 0.15) is 97.2 Å². The number of nitrogens with zero attached hydrogens (tertiary/aromatic N) is 1. The number of fused-ring (bicyclic) bond motifs is 1. The van der Waals surface area contributed by atoms with Crippen molar-refractivity contribution >= 4 is 34.4 Å². The van der Waals surface area contributed by atoms with Crippen LogP contribution >= 0.6 is 0 Å². The number of unbranched alkanes of at least 4 members (excludes halogenated alkanes) is 4. The van der Waals surface area contributed by atoms with Gasteiger partial charge in [0.2, 0.25) is 5.91 Å². The molecule has 3 rings (SSSR count). The van der Waals surface area contributed by atoms with Crippen LogP contribution in [0.2, 0.25) is 0 Å². The number of anilines is 1. The van der Waals surface area contributed by atoms with Crippen molar-refractivity contribution < 1.29 is 19.1 Å². The number of hydrogen-bond donors (Lipinski definition) is 2. The molecule has 0 saturated carbocycles. The number of ether oxygens (including phenoxy) is 1. The predicted octanol–water partition coefficient (Wildman–Crippen LogP) is 8.24. The molecular formula is C38H49N3O4. The van der Waals surface area contributed by atoms with Crippen LogP contribution in [-0.4, -0.2) is 41.0 Å². The summed E-state index contributed by atoms with van der Waals surface area (Å²) in [7, 11) is 0. The minimum Gasteiger partial charge on any atom is -0.444 e. The van der Waals surface area contributed by atoms with Gasteiger partial charge in [-0.1, -0.05) is 101 Å². The number of carbonyl (C=O) groups is 3. The zero-order valence-electron chi connectivity index (χ0n) is 27.7. The molecular weight excluding hydrogens is 562 g/mol. The van der Waals surface area contributed by atoms with E-state index in [9.17, 15) is 14.4 Å². The zero-order chi connectivity index (χ0) is 33.0. The van der Waals surface area contributed by atoms with Gasteiger partial charge in [-0.05, 0) is 73.7 Å². The fourth-order valence-corrected chi connectivity index (χ4v) is 5.26. The molecule has 0 saturated heterocycles. The highest BCUT2D eigenvalue weighted by Gasteiger charge is 2.38. The second-order valence-corrected chi connectivity index (χ2v) is 12.7. The first-order valence-electron chi connectivity index (χ1n) is 16.1. The lowest BCUT2D eigenvalue weighted by Gasteiger charge is -2.36. The van der Waals surface area contributed by atoms with Crippen LogP contribution in [0.5, 0.6) is 0 Å². The molecule has 0 fully saturated rings. The van der Waals surface area contributed by atoms with Crippen molar-refractivity contribution in [2.45, 2.75) is 97.8 Å². The third kappa shape index (κ3) is 10.4. The number of carbonyl (C=O) groups excluding carboxylic acids is 3. The molecule has 7 heteroatoms. The van der Waals surface area contributed by atoms with Crippen LogP contribution < -0.4 is 10.6 Å². The Labute approximate surface area is 269 Å². The summed E-state index contributed by atoms with van der Waals surface area (Å²) in [6.07, 6.45) is 10.5. The maximum atomic E-state index is 14.6. The lowest BCUT2D eigenvalue weighted by atomic mass is 9.95. The second-order valence-electron chi connectivity index (χ2n) is 12.7. The number of nitrogens with one attached hydrogen (secondary N) is 2. The van der Waals surface area contributed by atoms with Crippen LogP contribution in [0.3, 0.4) is 0 Å². The van der Waals surface area contributed by atoms with Crippen molar-refractivity contribution in [2.24, 2.45) is 5.92 Å². The Morgan fingerprint density at radius 3 is 2.20 bits per heavy atom. The van der Waals surface area contributed by atoms with Gasteiger partial charge in [0.05, 0.1) is 0 Å². The molecule has 45 heavy (non-hydrogen) atoms. The summed E-state index contributed by atoms with van der Waals surface area (Å²) in [5.74, 6) is 1.74. The molecule has 3 amide bonds. The monoisotopic (exact) mass is 611 g/mol. The van der Waals surface area contributed by atoms with Crippen molar-refractivity contribution in [3.63, 3.8) is 0 Å². The van der Waals surface area contributed by atoms with Gasteiger partial charge in [0.15, 0.2) is 0 Å². The standard InChI is InChI=1S/C38H49N3O4/c1-8-11-12-13-16-25-41(36(43)33(27(4)9-2)40-37(44)45-38(5,6)7)34(30-21-19-28(10-3)20-22-30)35(42)39-32-24-23-29-17-14-15-18-31(29)26-32/h3,14-15,17-24,26-27,33-34H,8-9,11-13,16,25H2,1-2,4-7H3,(H,39,42)(H,40,44). The van der Waals surface area contributed by atoms with E-state index in [0.29, 0.717) is 36.2 Å². The molecule has 0 radical (unpaired) electrons. The van der Waals surface area contributed by atoms with Crippen LogP contribution in [0.15, 0.2) is 66.7 Å². The Bertz CT molecular complexity index is 1470. The SMILES string of the molecule is C#Cc1ccc(C(C(=O)Nc2ccc3ccccc3c2)N(CCCCCCC)C(=O)C(NC(=O)OC(C)(C)C)C(C)CC)cc1. The second kappa shape index (κ2) is 16.7. The summed E-state index contributed by atoms with van der Waals surface area (Å²) in [5, 5.41) is 7.97. The number of terminal acetylenes is 1. The average Bonchev–Trinajstić information content (AvgIpc) is 3.01. The molecule has 3 atom stereocenters. The highest BCUT2D eigenvalue weighted by molar-refractivity contribution is 6.00. The van der Waals surface area contributed by atoms with Crippen molar-refractivity contribution in [1.29, 1.82) is 0 Å². The summed E-state index contributed by atoms with van der Waals surface area (Å²) in [4.78, 5) is 43.4. The number of alkyl carbamates (subject to hydrolysis) is 1. The van der Waals surface area contributed by atoms with Crippen molar-refractivity contribution in [1.82, 2.24) is 10.2 Å². The third-order valence-corrected chi connectivity index (χ3v) is 7.91. The van der Waals surface area contributed by atoms with Gasteiger partial charge in [0.25, 0.3) is 5.91 Å². The van der Waals surface area contributed by atoms with Crippen LogP contribution in [0.4, 0.5) is 10.5 Å². The van der Waals surface area contributed by atoms with E-state index in [2.05, 4.69) is 23.5 Å². The largest absolute Gasteiger partial charge is 0.444 e. The Morgan fingerprint density at radius 1 is 0.911 bits per heavy atom. The van der Waals surface area contributed by atoms with Gasteiger partial charge < -0.3 is 20.3 Å². The molecule has 0 aliphatic rings. The van der Waals surface area contributed by atoms with Crippen molar-refractivity contribution in [3.8, 4) is 12.3 Å². The first-order valence-corrected chi connectivity index (χ1v) is 16.1. The van der Waals surface area contributed by atoms with Crippen LogP contribution in [0, 0.1) is 18.3 Å². The first kappa shape index (κ1) is 35.2. The minimum atomic E-state index is -0.964. The highest BCUT2D eigenvalue weighted by atomic mass is 16.6. The molecule has 0 aliphatic heterocycles. The lowest BCUT2D eigenvalue weighted by molar-refractivity contribution is -0.142. The van der Waals surface area contributed by atoms with Gasteiger partial charge in [-0.15, -0.1) is 6.42 Å². The Balaban J connectivity index is 2.05. The number of hydrogen-bond acceptors (Lipinski definition) is 4. The van der Waals surface area contributed by atoms with E-state index in [1.54, 1.807) is 49.9 Å². The van der Waals surface area contributed by atoms with Crippen molar-refractivity contribution in [3.05, 3.63) is 77.9 Å². The summed E-state index contributed by atoms with van der Waals surface area (Å²) < 4.78 is 5.53. The van der Waals surface area contributed by atoms with Gasteiger partial charge >= 0.3 is 6.09 Å². The van der Waals surface area contributed by atoms with E-state index in [-0.39, 0.29) is 17.7 Å². The van der Waals surface area contributed by atoms with Crippen LogP contribution in [-0.2, 0) is 14.3 Å². The maximum Gasteiger partial charge on any atom is 0.408 e. The molecule has 0 spiro atoms. The van der Waals surface area contributed by atoms with E-state index >= 15 is 0 Å². The summed E-state index contributed by atoms with van der Waals surface area (Å²) in [6, 6.07) is 19.0. The fraction of sp³-hybridized carbons (Fsp3) is 0.447. The lowest BCUT2D eigenvalue weighted by Crippen LogP contribution is -2.55. The maximum absolute atomic E-state index is 14.6. The Hall–Kier alpha value is -4.31. The molecule has 3 unspecified atom stereocenters. The first-order chi connectivity index (χ1) is 21.5. The quantitative estimate of drug-likeness (QED) is 0.142. The topological polar surface area (TPSA) is 87.7 Å². The predicted molar refractivity (Wildman–Crippen MR) is 183 cm³/mol. The van der Waals surface area contributed by atoms with E-state index in [0.717, 1.165) is 36.5 Å². The summed E-state index contributed by atoms with van der Waals surface area (Å²) >= 11 is 0. The van der Waals surface area contributed by atoms with Gasteiger partial charge in [-0.2, -0.15) is 0 Å². The van der Waals surface area contributed by atoms with Gasteiger partial charge in [0, 0.05) is 17.8 Å². The Morgan fingerprint density at radius 2 is 1.58 bits per heavy atom. The van der Waals surface area contributed by atoms with E-state index < -0.39 is 23.8 Å². The molecule has 0 aliphatic carbocycles. The fourth-order valence-electron chi connectivity index (χ4n) is 5.26. The molecule has 240 valence electrons. The van der Waals surface area contributed by atoms with Crippen LogP contribution in [0.25, 0.3) is 10.8 Å². The smallest absolute Gasteiger partial charge is 0.408 e. The van der Waals surface area contributed by atoms with Gasteiger partial charge in [-0.25, -0.2) is 4.79 Å². The normalized spacial score (nSPS) is 13.3. The van der Waals surface area contributed by atoms with E-state index in [1.807, 2.05) is 56.3 Å². The molecule has 0 bridgehead atoms. The minimum absolute atomic E-state index is 0.208. The van der Waals surface area contributed by atoms with Gasteiger partial charge in [0.1, 0.15) is 17.7 Å². The van der Waals surface area contributed by atoms with E-state index in [1.165, 1.54) is 0 Å². The molecule has 7 nitrogen and oxygen atoms in total. The number of rotatable bonds is 14. The summed E-state index contributed by atoms with van der Waals surface area (Å²) in [5.41, 5.74) is 1.21. The number of amides is 3. The van der Waals surface area contributed by atoms with E-state index in [4.69, 9.17) is 11.2 Å². The third-order valence-electron chi connectivity index (χ3n) is 7.91. The van der Waals surface area contributed by atoms with Gasteiger partial charge in [-0.3, -0.25) is 9.59 Å².